The summed E-state index contributed by atoms with van der Waals surface area (Å²) in [6.45, 7) is 4.47. The second-order valence-corrected chi connectivity index (χ2v) is 5.39. The summed E-state index contributed by atoms with van der Waals surface area (Å²) in [4.78, 5) is 12.3. The maximum Gasteiger partial charge on any atom is 0.229 e. The summed E-state index contributed by atoms with van der Waals surface area (Å²) in [5, 5.41) is 11.7. The average Bonchev–Trinajstić information content (AvgIpc) is 2.88. The first-order chi connectivity index (χ1) is 10.1. The zero-order chi connectivity index (χ0) is 15.2. The summed E-state index contributed by atoms with van der Waals surface area (Å²) >= 11 is 0. The molecule has 0 saturated carbocycles. The van der Waals surface area contributed by atoms with Crippen LogP contribution < -0.4 is 5.32 Å². The van der Waals surface area contributed by atoms with Crippen molar-refractivity contribution < 1.29 is 14.6 Å². The van der Waals surface area contributed by atoms with Gasteiger partial charge in [-0.1, -0.05) is 17.9 Å². The summed E-state index contributed by atoms with van der Waals surface area (Å²) < 4.78 is 5.44. The number of carbonyl (C=O) groups is 1. The van der Waals surface area contributed by atoms with Gasteiger partial charge in [0.1, 0.15) is 0 Å². The molecule has 1 heterocycles. The number of amides is 1. The van der Waals surface area contributed by atoms with Crippen molar-refractivity contribution in [2.24, 2.45) is 5.92 Å². The van der Waals surface area contributed by atoms with Gasteiger partial charge in [0.05, 0.1) is 30.9 Å². The van der Waals surface area contributed by atoms with Crippen LogP contribution in [-0.2, 0) is 9.53 Å². The molecule has 0 radical (unpaired) electrons. The highest BCUT2D eigenvalue weighted by molar-refractivity contribution is 5.94. The third kappa shape index (κ3) is 4.32. The first-order valence-corrected chi connectivity index (χ1v) is 7.23. The van der Waals surface area contributed by atoms with Crippen molar-refractivity contribution in [2.45, 2.75) is 32.8 Å². The lowest BCUT2D eigenvalue weighted by molar-refractivity contribution is -0.119. The number of hydrogen-bond acceptors (Lipinski definition) is 3. The van der Waals surface area contributed by atoms with Gasteiger partial charge in [-0.2, -0.15) is 0 Å². The number of aliphatic hydroxyl groups excluding tert-OH is 1. The number of nitrogens with one attached hydrogen (secondary N) is 1. The topological polar surface area (TPSA) is 58.6 Å². The van der Waals surface area contributed by atoms with E-state index in [4.69, 9.17) is 9.84 Å². The molecule has 1 saturated heterocycles. The predicted octanol–water partition coefficient (Wildman–Crippen LogP) is 2.09. The SMILES string of the molecule is Cc1ccc(C#CCCO)c(NC(=O)C2COC(C)C2)c1. The van der Waals surface area contributed by atoms with E-state index in [1.165, 1.54) is 0 Å². The van der Waals surface area contributed by atoms with Crippen molar-refractivity contribution >= 4 is 11.6 Å². The number of carbonyl (C=O) groups excluding carboxylic acids is 1. The Bertz CT molecular complexity index is 571. The molecule has 1 aromatic carbocycles. The van der Waals surface area contributed by atoms with Gasteiger partial charge in [0.2, 0.25) is 5.91 Å². The number of aliphatic hydroxyl groups is 1. The van der Waals surface area contributed by atoms with E-state index in [1.54, 1.807) is 0 Å². The minimum atomic E-state index is -0.0984. The van der Waals surface area contributed by atoms with Gasteiger partial charge in [-0.25, -0.2) is 0 Å². The lowest BCUT2D eigenvalue weighted by atomic mass is 10.0. The summed E-state index contributed by atoms with van der Waals surface area (Å²) in [5.41, 5.74) is 2.56. The second-order valence-electron chi connectivity index (χ2n) is 5.39. The van der Waals surface area contributed by atoms with Crippen LogP contribution in [0.25, 0.3) is 0 Å². The summed E-state index contributed by atoms with van der Waals surface area (Å²) in [5.74, 6) is 5.76. The van der Waals surface area contributed by atoms with Crippen molar-refractivity contribution in [3.05, 3.63) is 29.3 Å². The molecule has 2 rings (SSSR count). The minimum absolute atomic E-state index is 0.0184. The Kier molecular flexibility index (Phi) is 5.38. The molecule has 4 heteroatoms. The maximum atomic E-state index is 12.3. The fraction of sp³-hybridized carbons (Fsp3) is 0.471. The molecular weight excluding hydrogens is 266 g/mol. The fourth-order valence-corrected chi connectivity index (χ4v) is 2.32. The smallest absolute Gasteiger partial charge is 0.229 e. The van der Waals surface area contributed by atoms with E-state index in [0.717, 1.165) is 23.2 Å². The molecule has 2 N–H and O–H groups in total. The molecule has 0 aromatic heterocycles. The van der Waals surface area contributed by atoms with E-state index in [9.17, 15) is 4.79 Å². The molecular formula is C17H21NO3. The van der Waals surface area contributed by atoms with Crippen molar-refractivity contribution in [2.75, 3.05) is 18.5 Å². The van der Waals surface area contributed by atoms with Crippen LogP contribution in [0.4, 0.5) is 5.69 Å². The average molecular weight is 287 g/mol. The molecule has 21 heavy (non-hydrogen) atoms. The molecule has 0 bridgehead atoms. The minimum Gasteiger partial charge on any atom is -0.395 e. The van der Waals surface area contributed by atoms with E-state index < -0.39 is 0 Å². The molecule has 1 amide bonds. The van der Waals surface area contributed by atoms with Gasteiger partial charge < -0.3 is 15.2 Å². The number of benzene rings is 1. The Balaban J connectivity index is 2.13. The van der Waals surface area contributed by atoms with Gasteiger partial charge in [-0.15, -0.1) is 0 Å². The number of ether oxygens (including phenoxy) is 1. The van der Waals surface area contributed by atoms with Gasteiger partial charge >= 0.3 is 0 Å². The maximum absolute atomic E-state index is 12.3. The highest BCUT2D eigenvalue weighted by Gasteiger charge is 2.28. The summed E-state index contributed by atoms with van der Waals surface area (Å²) in [7, 11) is 0. The summed E-state index contributed by atoms with van der Waals surface area (Å²) in [6, 6.07) is 5.77. The number of hydrogen-bond donors (Lipinski definition) is 2. The van der Waals surface area contributed by atoms with Crippen LogP contribution in [-0.4, -0.2) is 30.3 Å². The lowest BCUT2D eigenvalue weighted by Gasteiger charge is -2.12. The van der Waals surface area contributed by atoms with E-state index in [-0.39, 0.29) is 24.5 Å². The van der Waals surface area contributed by atoms with Crippen molar-refractivity contribution in [1.82, 2.24) is 0 Å². The van der Waals surface area contributed by atoms with Crippen LogP contribution in [0.3, 0.4) is 0 Å². The van der Waals surface area contributed by atoms with Crippen LogP contribution in [0.1, 0.15) is 30.9 Å². The van der Waals surface area contributed by atoms with E-state index in [1.807, 2.05) is 32.0 Å². The molecule has 1 aliphatic rings. The van der Waals surface area contributed by atoms with Gasteiger partial charge in [0.25, 0.3) is 0 Å². The Morgan fingerprint density at radius 2 is 2.33 bits per heavy atom. The zero-order valence-corrected chi connectivity index (χ0v) is 12.5. The van der Waals surface area contributed by atoms with Crippen molar-refractivity contribution in [3.63, 3.8) is 0 Å². The Morgan fingerprint density at radius 1 is 1.52 bits per heavy atom. The van der Waals surface area contributed by atoms with Gasteiger partial charge in [-0.3, -0.25) is 4.79 Å². The van der Waals surface area contributed by atoms with Gasteiger partial charge in [0, 0.05) is 12.0 Å². The standard InChI is InChI=1S/C17H21NO3/c1-12-6-7-14(5-3-4-8-19)16(9-12)18-17(20)15-10-13(2)21-11-15/h6-7,9,13,15,19H,4,8,10-11H2,1-2H3,(H,18,20). The van der Waals surface area contributed by atoms with E-state index in [2.05, 4.69) is 17.2 Å². The molecule has 1 fully saturated rings. The van der Waals surface area contributed by atoms with Crippen molar-refractivity contribution in [1.29, 1.82) is 0 Å². The Labute approximate surface area is 125 Å². The molecule has 2 unspecified atom stereocenters. The monoisotopic (exact) mass is 287 g/mol. The zero-order valence-electron chi connectivity index (χ0n) is 12.5. The number of aryl methyl sites for hydroxylation is 1. The predicted molar refractivity (Wildman–Crippen MR) is 81.9 cm³/mol. The number of rotatable bonds is 3. The molecule has 0 spiro atoms. The van der Waals surface area contributed by atoms with E-state index >= 15 is 0 Å². The normalized spacial score (nSPS) is 20.7. The highest BCUT2D eigenvalue weighted by Crippen LogP contribution is 2.23. The first-order valence-electron chi connectivity index (χ1n) is 7.23. The summed E-state index contributed by atoms with van der Waals surface area (Å²) in [6.07, 6.45) is 1.32. The molecule has 0 aliphatic carbocycles. The van der Waals surface area contributed by atoms with Gasteiger partial charge in [0.15, 0.2) is 0 Å². The van der Waals surface area contributed by atoms with Gasteiger partial charge in [-0.05, 0) is 38.0 Å². The molecule has 1 aromatic rings. The van der Waals surface area contributed by atoms with Crippen LogP contribution in [0.5, 0.6) is 0 Å². The van der Waals surface area contributed by atoms with Crippen LogP contribution in [0.2, 0.25) is 0 Å². The molecule has 1 aliphatic heterocycles. The van der Waals surface area contributed by atoms with Crippen LogP contribution in [0.15, 0.2) is 18.2 Å². The largest absolute Gasteiger partial charge is 0.395 e. The highest BCUT2D eigenvalue weighted by atomic mass is 16.5. The van der Waals surface area contributed by atoms with Crippen molar-refractivity contribution in [3.8, 4) is 11.8 Å². The Hall–Kier alpha value is -1.83. The number of anilines is 1. The van der Waals surface area contributed by atoms with Crippen LogP contribution in [0, 0.1) is 24.7 Å². The molecule has 2 atom stereocenters. The van der Waals surface area contributed by atoms with Crippen LogP contribution >= 0.6 is 0 Å². The second kappa shape index (κ2) is 7.26. The van der Waals surface area contributed by atoms with E-state index in [0.29, 0.717) is 13.0 Å². The fourth-order valence-electron chi connectivity index (χ4n) is 2.32. The lowest BCUT2D eigenvalue weighted by Crippen LogP contribution is -2.23. The third-order valence-electron chi connectivity index (χ3n) is 3.46. The molecule has 112 valence electrons. The molecule has 4 nitrogen and oxygen atoms in total. The quantitative estimate of drug-likeness (QED) is 0.837. The first kappa shape index (κ1) is 15.6. The Morgan fingerprint density at radius 3 is 3.00 bits per heavy atom. The third-order valence-corrected chi connectivity index (χ3v) is 3.46.